The van der Waals surface area contributed by atoms with Gasteiger partial charge in [0, 0.05) is 24.4 Å². The number of Topliss-reactive ketones (excluding diaryl/α,β-unsaturated/α-hetero) is 1. The van der Waals surface area contributed by atoms with Gasteiger partial charge in [-0.1, -0.05) is 12.1 Å². The monoisotopic (exact) mass is 314 g/mol. The lowest BCUT2D eigenvalue weighted by Gasteiger charge is -2.29. The van der Waals surface area contributed by atoms with Gasteiger partial charge in [-0.2, -0.15) is 0 Å². The van der Waals surface area contributed by atoms with Crippen LogP contribution >= 0.6 is 0 Å². The SMILES string of the molecule is CN1CCC(NC(=O)CCC(=O)c2ccc3c(c2)CCC3)CC1. The van der Waals surface area contributed by atoms with E-state index < -0.39 is 0 Å². The Morgan fingerprint density at radius 3 is 2.65 bits per heavy atom. The summed E-state index contributed by atoms with van der Waals surface area (Å²) in [5.41, 5.74) is 3.45. The van der Waals surface area contributed by atoms with Gasteiger partial charge in [0.25, 0.3) is 0 Å². The van der Waals surface area contributed by atoms with Crippen LogP contribution in [0.3, 0.4) is 0 Å². The maximum atomic E-state index is 12.3. The standard InChI is InChI=1S/C19H26N2O2/c1-21-11-9-17(10-12-21)20-19(23)8-7-18(22)16-6-5-14-3-2-4-15(14)13-16/h5-6,13,17H,2-4,7-12H2,1H3,(H,20,23). The van der Waals surface area contributed by atoms with Crippen LogP contribution in [0.2, 0.25) is 0 Å². The molecule has 1 fully saturated rings. The van der Waals surface area contributed by atoms with E-state index in [1.165, 1.54) is 17.5 Å². The van der Waals surface area contributed by atoms with Crippen LogP contribution < -0.4 is 5.32 Å². The van der Waals surface area contributed by atoms with E-state index in [-0.39, 0.29) is 17.7 Å². The van der Waals surface area contributed by atoms with Gasteiger partial charge in [0.15, 0.2) is 5.78 Å². The highest BCUT2D eigenvalue weighted by atomic mass is 16.2. The van der Waals surface area contributed by atoms with Crippen LogP contribution in [0, 0.1) is 0 Å². The molecule has 1 aromatic rings. The summed E-state index contributed by atoms with van der Waals surface area (Å²) in [6, 6.07) is 6.29. The van der Waals surface area contributed by atoms with Crippen molar-refractivity contribution in [3.63, 3.8) is 0 Å². The number of rotatable bonds is 5. The van der Waals surface area contributed by atoms with Gasteiger partial charge in [0.2, 0.25) is 5.91 Å². The number of benzene rings is 1. The molecule has 4 heteroatoms. The van der Waals surface area contributed by atoms with Crippen molar-refractivity contribution in [2.24, 2.45) is 0 Å². The molecule has 4 nitrogen and oxygen atoms in total. The van der Waals surface area contributed by atoms with Crippen molar-refractivity contribution >= 4 is 11.7 Å². The lowest BCUT2D eigenvalue weighted by atomic mass is 10.0. The zero-order valence-electron chi connectivity index (χ0n) is 13.9. The highest BCUT2D eigenvalue weighted by molar-refractivity contribution is 5.98. The zero-order chi connectivity index (χ0) is 16.2. The second-order valence-corrected chi connectivity index (χ2v) is 6.91. The molecular weight excluding hydrogens is 288 g/mol. The van der Waals surface area contributed by atoms with E-state index >= 15 is 0 Å². The predicted octanol–water partition coefficient (Wildman–Crippen LogP) is 2.35. The van der Waals surface area contributed by atoms with Crippen molar-refractivity contribution < 1.29 is 9.59 Å². The third-order valence-corrected chi connectivity index (χ3v) is 5.08. The minimum absolute atomic E-state index is 0.00839. The van der Waals surface area contributed by atoms with Crippen LogP contribution in [-0.2, 0) is 17.6 Å². The minimum atomic E-state index is 0.00839. The first-order valence-corrected chi connectivity index (χ1v) is 8.75. The third kappa shape index (κ3) is 4.20. The normalized spacial score (nSPS) is 18.7. The van der Waals surface area contributed by atoms with E-state index in [9.17, 15) is 9.59 Å². The fraction of sp³-hybridized carbons (Fsp3) is 0.579. The second kappa shape index (κ2) is 7.26. The molecule has 1 aliphatic carbocycles. The largest absolute Gasteiger partial charge is 0.353 e. The first kappa shape index (κ1) is 16.2. The molecule has 1 aromatic carbocycles. The first-order chi connectivity index (χ1) is 11.1. The van der Waals surface area contributed by atoms with Gasteiger partial charge in [-0.15, -0.1) is 0 Å². The number of nitrogens with one attached hydrogen (secondary N) is 1. The molecule has 0 saturated carbocycles. The Morgan fingerprint density at radius 1 is 1.13 bits per heavy atom. The van der Waals surface area contributed by atoms with E-state index in [4.69, 9.17) is 0 Å². The van der Waals surface area contributed by atoms with Crippen molar-refractivity contribution in [2.75, 3.05) is 20.1 Å². The zero-order valence-corrected chi connectivity index (χ0v) is 13.9. The van der Waals surface area contributed by atoms with Crippen molar-refractivity contribution in [1.82, 2.24) is 10.2 Å². The third-order valence-electron chi connectivity index (χ3n) is 5.08. The number of hydrogen-bond donors (Lipinski definition) is 1. The van der Waals surface area contributed by atoms with Crippen molar-refractivity contribution in [3.8, 4) is 0 Å². The van der Waals surface area contributed by atoms with E-state index in [1.807, 2.05) is 12.1 Å². The van der Waals surface area contributed by atoms with Crippen molar-refractivity contribution in [1.29, 1.82) is 0 Å². The summed E-state index contributed by atoms with van der Waals surface area (Å²) in [6.45, 7) is 2.05. The molecule has 0 unspecified atom stereocenters. The molecule has 1 saturated heterocycles. The molecule has 2 aliphatic rings. The lowest BCUT2D eigenvalue weighted by Crippen LogP contribution is -2.43. The van der Waals surface area contributed by atoms with Crippen LogP contribution in [0.15, 0.2) is 18.2 Å². The molecule has 0 aromatic heterocycles. The summed E-state index contributed by atoms with van der Waals surface area (Å²) in [7, 11) is 2.10. The van der Waals surface area contributed by atoms with Crippen molar-refractivity contribution in [2.45, 2.75) is 51.0 Å². The average molecular weight is 314 g/mol. The summed E-state index contributed by atoms with van der Waals surface area (Å²) in [6.07, 6.45) is 5.99. The number of ketones is 1. The van der Waals surface area contributed by atoms with Gasteiger partial charge >= 0.3 is 0 Å². The maximum absolute atomic E-state index is 12.3. The van der Waals surface area contributed by atoms with Gasteiger partial charge in [-0.05, 0) is 69.4 Å². The number of piperidine rings is 1. The molecule has 0 atom stereocenters. The van der Waals surface area contributed by atoms with Gasteiger partial charge in [0.05, 0.1) is 0 Å². The Kier molecular flexibility index (Phi) is 5.11. The number of fused-ring (bicyclic) bond motifs is 1. The molecule has 0 spiro atoms. The Hall–Kier alpha value is -1.68. The Morgan fingerprint density at radius 2 is 1.87 bits per heavy atom. The molecule has 1 aliphatic heterocycles. The van der Waals surface area contributed by atoms with Crippen LogP contribution in [0.1, 0.15) is 53.6 Å². The van der Waals surface area contributed by atoms with Crippen LogP contribution in [0.5, 0.6) is 0 Å². The molecule has 1 amide bonds. The summed E-state index contributed by atoms with van der Waals surface area (Å²) in [5, 5.41) is 3.07. The van der Waals surface area contributed by atoms with Gasteiger partial charge < -0.3 is 10.2 Å². The average Bonchev–Trinajstić information content (AvgIpc) is 3.02. The van der Waals surface area contributed by atoms with E-state index in [0.717, 1.165) is 44.3 Å². The van der Waals surface area contributed by atoms with Crippen molar-refractivity contribution in [3.05, 3.63) is 34.9 Å². The Labute approximate surface area is 138 Å². The minimum Gasteiger partial charge on any atom is -0.353 e. The molecule has 1 N–H and O–H groups in total. The number of carbonyl (C=O) groups is 2. The van der Waals surface area contributed by atoms with Crippen LogP contribution in [0.4, 0.5) is 0 Å². The summed E-state index contributed by atoms with van der Waals surface area (Å²) < 4.78 is 0. The number of likely N-dealkylation sites (tertiary alicyclic amines) is 1. The smallest absolute Gasteiger partial charge is 0.220 e. The Balaban J connectivity index is 1.46. The first-order valence-electron chi connectivity index (χ1n) is 8.75. The van der Waals surface area contributed by atoms with E-state index in [0.29, 0.717) is 12.8 Å². The van der Waals surface area contributed by atoms with Gasteiger partial charge in [-0.25, -0.2) is 0 Å². The fourth-order valence-corrected chi connectivity index (χ4v) is 3.57. The quantitative estimate of drug-likeness (QED) is 0.849. The second-order valence-electron chi connectivity index (χ2n) is 6.91. The fourth-order valence-electron chi connectivity index (χ4n) is 3.57. The number of carbonyl (C=O) groups excluding carboxylic acids is 2. The van der Waals surface area contributed by atoms with Crippen LogP contribution in [-0.4, -0.2) is 42.8 Å². The van der Waals surface area contributed by atoms with E-state index in [2.05, 4.69) is 23.3 Å². The highest BCUT2D eigenvalue weighted by Gasteiger charge is 2.19. The summed E-state index contributed by atoms with van der Waals surface area (Å²) in [4.78, 5) is 26.6. The lowest BCUT2D eigenvalue weighted by molar-refractivity contribution is -0.122. The molecule has 3 rings (SSSR count). The van der Waals surface area contributed by atoms with E-state index in [1.54, 1.807) is 0 Å². The number of aryl methyl sites for hydroxylation is 2. The molecule has 23 heavy (non-hydrogen) atoms. The van der Waals surface area contributed by atoms with Gasteiger partial charge in [-0.3, -0.25) is 9.59 Å². The number of nitrogens with zero attached hydrogens (tertiary/aromatic N) is 1. The molecule has 0 radical (unpaired) electrons. The number of amides is 1. The maximum Gasteiger partial charge on any atom is 0.220 e. The molecule has 0 bridgehead atoms. The number of hydrogen-bond acceptors (Lipinski definition) is 3. The summed E-state index contributed by atoms with van der Waals surface area (Å²) in [5.74, 6) is 0.0901. The predicted molar refractivity (Wildman–Crippen MR) is 90.7 cm³/mol. The topological polar surface area (TPSA) is 49.4 Å². The van der Waals surface area contributed by atoms with Crippen LogP contribution in [0.25, 0.3) is 0 Å². The molecule has 1 heterocycles. The van der Waals surface area contributed by atoms with Gasteiger partial charge in [0.1, 0.15) is 0 Å². The summed E-state index contributed by atoms with van der Waals surface area (Å²) >= 11 is 0. The molecule has 124 valence electrons. The molecular formula is C19H26N2O2. The Bertz CT molecular complexity index is 589. The highest BCUT2D eigenvalue weighted by Crippen LogP contribution is 2.23.